The predicted octanol–water partition coefficient (Wildman–Crippen LogP) is 2.32. The Bertz CT molecular complexity index is 283. The summed E-state index contributed by atoms with van der Waals surface area (Å²) in [5.41, 5.74) is 6.67. The van der Waals surface area contributed by atoms with E-state index in [0.717, 1.165) is 5.56 Å². The van der Waals surface area contributed by atoms with Gasteiger partial charge in [0.25, 0.3) is 0 Å². The molecule has 0 aromatic carbocycles. The van der Waals surface area contributed by atoms with Crippen LogP contribution in [0.2, 0.25) is 0 Å². The molecule has 3 N–H and O–H groups in total. The number of nitrogens with two attached hydrogens (primary N) is 1. The van der Waals surface area contributed by atoms with Crippen LogP contribution in [0.25, 0.3) is 0 Å². The van der Waals surface area contributed by atoms with Gasteiger partial charge >= 0.3 is 0 Å². The van der Waals surface area contributed by atoms with Crippen molar-refractivity contribution in [2.45, 2.75) is 26.9 Å². The van der Waals surface area contributed by atoms with Crippen LogP contribution in [0.3, 0.4) is 0 Å². The van der Waals surface area contributed by atoms with E-state index in [0.29, 0.717) is 12.5 Å². The molecule has 0 aliphatic heterocycles. The van der Waals surface area contributed by atoms with E-state index in [9.17, 15) is 5.11 Å². The maximum absolute atomic E-state index is 10.1. The molecule has 2 atom stereocenters. The van der Waals surface area contributed by atoms with Crippen molar-refractivity contribution >= 4 is 11.3 Å². The smallest absolute Gasteiger partial charge is 0.0840 e. The van der Waals surface area contributed by atoms with Gasteiger partial charge in [-0.3, -0.25) is 0 Å². The number of rotatable bonds is 4. The van der Waals surface area contributed by atoms with E-state index in [1.165, 1.54) is 4.88 Å². The zero-order valence-electron chi connectivity index (χ0n) is 9.03. The lowest BCUT2D eigenvalue weighted by Gasteiger charge is -2.24. The van der Waals surface area contributed by atoms with Crippen molar-refractivity contribution in [1.82, 2.24) is 0 Å². The topological polar surface area (TPSA) is 46.2 Å². The van der Waals surface area contributed by atoms with Crippen molar-refractivity contribution in [2.24, 2.45) is 17.6 Å². The summed E-state index contributed by atoms with van der Waals surface area (Å²) in [4.78, 5) is 1.23. The molecule has 2 unspecified atom stereocenters. The van der Waals surface area contributed by atoms with Crippen LogP contribution in [0.1, 0.15) is 30.4 Å². The third-order valence-electron chi connectivity index (χ3n) is 2.63. The Morgan fingerprint density at radius 3 is 2.50 bits per heavy atom. The lowest BCUT2D eigenvalue weighted by molar-refractivity contribution is 0.0864. The minimum atomic E-state index is -0.412. The van der Waals surface area contributed by atoms with Crippen molar-refractivity contribution < 1.29 is 5.11 Å². The summed E-state index contributed by atoms with van der Waals surface area (Å²) in [5.74, 6) is 0.569. The summed E-state index contributed by atoms with van der Waals surface area (Å²) in [6.45, 7) is 6.78. The summed E-state index contributed by atoms with van der Waals surface area (Å²) < 4.78 is 0. The Kier molecular flexibility index (Phi) is 4.11. The molecule has 1 aromatic heterocycles. The molecule has 14 heavy (non-hydrogen) atoms. The molecule has 1 aromatic rings. The SMILES string of the molecule is Cc1cc(C(O)C(CN)C(C)C)cs1. The third-order valence-corrected chi connectivity index (χ3v) is 3.51. The molecular weight excluding hydrogens is 194 g/mol. The number of thiophene rings is 1. The van der Waals surface area contributed by atoms with Crippen molar-refractivity contribution in [1.29, 1.82) is 0 Å². The average Bonchev–Trinajstić information content (AvgIpc) is 2.52. The van der Waals surface area contributed by atoms with Gasteiger partial charge in [0, 0.05) is 10.8 Å². The monoisotopic (exact) mass is 213 g/mol. The Balaban J connectivity index is 2.77. The van der Waals surface area contributed by atoms with Crippen LogP contribution in [0.15, 0.2) is 11.4 Å². The van der Waals surface area contributed by atoms with E-state index in [4.69, 9.17) is 5.73 Å². The zero-order chi connectivity index (χ0) is 10.7. The lowest BCUT2D eigenvalue weighted by atomic mass is 9.87. The first kappa shape index (κ1) is 11.7. The maximum Gasteiger partial charge on any atom is 0.0840 e. The van der Waals surface area contributed by atoms with E-state index in [-0.39, 0.29) is 5.92 Å². The fourth-order valence-electron chi connectivity index (χ4n) is 1.63. The minimum Gasteiger partial charge on any atom is -0.388 e. The summed E-state index contributed by atoms with van der Waals surface area (Å²) in [6, 6.07) is 2.04. The van der Waals surface area contributed by atoms with Crippen molar-refractivity contribution in [3.63, 3.8) is 0 Å². The Morgan fingerprint density at radius 1 is 1.50 bits per heavy atom. The van der Waals surface area contributed by atoms with Crippen LogP contribution in [-0.4, -0.2) is 11.7 Å². The van der Waals surface area contributed by atoms with Crippen molar-refractivity contribution in [2.75, 3.05) is 6.54 Å². The van der Waals surface area contributed by atoms with Gasteiger partial charge in [-0.2, -0.15) is 0 Å². The van der Waals surface area contributed by atoms with Gasteiger partial charge in [-0.25, -0.2) is 0 Å². The molecule has 1 heterocycles. The second-order valence-corrected chi connectivity index (χ2v) is 5.19. The van der Waals surface area contributed by atoms with Crippen LogP contribution >= 0.6 is 11.3 Å². The molecule has 0 saturated heterocycles. The quantitative estimate of drug-likeness (QED) is 0.806. The van der Waals surface area contributed by atoms with Crippen molar-refractivity contribution in [3.8, 4) is 0 Å². The van der Waals surface area contributed by atoms with Gasteiger partial charge in [0.05, 0.1) is 6.10 Å². The average molecular weight is 213 g/mol. The highest BCUT2D eigenvalue weighted by atomic mass is 32.1. The number of aliphatic hydroxyl groups is 1. The fourth-order valence-corrected chi connectivity index (χ4v) is 2.37. The number of aliphatic hydroxyl groups excluding tert-OH is 1. The van der Waals surface area contributed by atoms with E-state index in [1.54, 1.807) is 11.3 Å². The van der Waals surface area contributed by atoms with Crippen molar-refractivity contribution in [3.05, 3.63) is 21.9 Å². The molecule has 0 radical (unpaired) electrons. The molecule has 0 aliphatic rings. The van der Waals surface area contributed by atoms with E-state index < -0.39 is 6.10 Å². The number of hydrogen-bond acceptors (Lipinski definition) is 3. The van der Waals surface area contributed by atoms with Crippen LogP contribution in [0, 0.1) is 18.8 Å². The van der Waals surface area contributed by atoms with Gasteiger partial charge in [0.1, 0.15) is 0 Å². The fraction of sp³-hybridized carbons (Fsp3) is 0.636. The number of aryl methyl sites for hydroxylation is 1. The van der Waals surface area contributed by atoms with E-state index in [2.05, 4.69) is 13.8 Å². The summed E-state index contributed by atoms with van der Waals surface area (Å²) >= 11 is 1.67. The molecule has 0 saturated carbocycles. The van der Waals surface area contributed by atoms with Crippen LogP contribution in [0.5, 0.6) is 0 Å². The minimum absolute atomic E-state index is 0.156. The molecule has 0 amide bonds. The van der Waals surface area contributed by atoms with Gasteiger partial charge in [-0.1, -0.05) is 13.8 Å². The first-order chi connectivity index (χ1) is 6.56. The molecule has 0 spiro atoms. The molecule has 1 rings (SSSR count). The molecule has 80 valence electrons. The van der Waals surface area contributed by atoms with Gasteiger partial charge < -0.3 is 10.8 Å². The van der Waals surface area contributed by atoms with Gasteiger partial charge in [0.2, 0.25) is 0 Å². The highest BCUT2D eigenvalue weighted by Crippen LogP contribution is 2.29. The second kappa shape index (κ2) is 4.91. The Labute approximate surface area is 89.8 Å². The molecular formula is C11H19NOS. The van der Waals surface area contributed by atoms with Crippen LogP contribution in [-0.2, 0) is 0 Å². The largest absolute Gasteiger partial charge is 0.388 e. The van der Waals surface area contributed by atoms with Gasteiger partial charge in [0.15, 0.2) is 0 Å². The molecule has 2 nitrogen and oxygen atoms in total. The molecule has 0 fully saturated rings. The lowest BCUT2D eigenvalue weighted by Crippen LogP contribution is -2.26. The maximum atomic E-state index is 10.1. The second-order valence-electron chi connectivity index (χ2n) is 4.08. The molecule has 3 heteroatoms. The third kappa shape index (κ3) is 2.56. The summed E-state index contributed by atoms with van der Waals surface area (Å²) in [6.07, 6.45) is -0.412. The van der Waals surface area contributed by atoms with Gasteiger partial charge in [-0.05, 0) is 36.4 Å². The summed E-state index contributed by atoms with van der Waals surface area (Å²) in [5, 5.41) is 12.1. The van der Waals surface area contributed by atoms with Gasteiger partial charge in [-0.15, -0.1) is 11.3 Å². The highest BCUT2D eigenvalue weighted by molar-refractivity contribution is 7.10. The predicted molar refractivity (Wildman–Crippen MR) is 61.4 cm³/mol. The molecule has 0 aliphatic carbocycles. The highest BCUT2D eigenvalue weighted by Gasteiger charge is 2.23. The van der Waals surface area contributed by atoms with Crippen LogP contribution < -0.4 is 5.73 Å². The van der Waals surface area contributed by atoms with E-state index >= 15 is 0 Å². The summed E-state index contributed by atoms with van der Waals surface area (Å²) in [7, 11) is 0. The van der Waals surface area contributed by atoms with E-state index in [1.807, 2.05) is 18.4 Å². The molecule has 0 bridgehead atoms. The standard InChI is InChI=1S/C11H19NOS/c1-7(2)10(5-12)11(13)9-4-8(3)14-6-9/h4,6-7,10-11,13H,5,12H2,1-3H3. The van der Waals surface area contributed by atoms with Crippen LogP contribution in [0.4, 0.5) is 0 Å². The zero-order valence-corrected chi connectivity index (χ0v) is 9.84. The normalized spacial score (nSPS) is 15.9. The first-order valence-electron chi connectivity index (χ1n) is 4.99. The first-order valence-corrected chi connectivity index (χ1v) is 5.87. The Morgan fingerprint density at radius 2 is 2.14 bits per heavy atom. The number of hydrogen-bond donors (Lipinski definition) is 2. The Hall–Kier alpha value is -0.380.